The zero-order chi connectivity index (χ0) is 6.81. The second-order valence-electron chi connectivity index (χ2n) is 2.83. The maximum Gasteiger partial charge on any atom is 0.0856 e. The maximum absolute atomic E-state index is 3.34. The summed E-state index contributed by atoms with van der Waals surface area (Å²) in [6.45, 7) is 5.63. The first-order valence-corrected chi connectivity index (χ1v) is 3.90. The third-order valence-electron chi connectivity index (χ3n) is 2.15. The van der Waals surface area contributed by atoms with Gasteiger partial charge in [0.1, 0.15) is 0 Å². The Balaban J connectivity index is 1.93. The predicted molar refractivity (Wildman–Crippen MR) is 39.4 cm³/mol. The Kier molecular flexibility index (Phi) is 1.86. The number of hydrogen-bond acceptors (Lipinski definition) is 4. The van der Waals surface area contributed by atoms with Gasteiger partial charge in [0.2, 0.25) is 0 Å². The van der Waals surface area contributed by atoms with Crippen molar-refractivity contribution in [3.05, 3.63) is 0 Å². The fourth-order valence-corrected chi connectivity index (χ4v) is 1.55. The highest BCUT2D eigenvalue weighted by Crippen LogP contribution is 2.00. The van der Waals surface area contributed by atoms with E-state index in [2.05, 4.69) is 21.1 Å². The average Bonchev–Trinajstić information content (AvgIpc) is 2.05. The van der Waals surface area contributed by atoms with Gasteiger partial charge >= 0.3 is 0 Å². The van der Waals surface area contributed by atoms with E-state index in [1.807, 2.05) is 0 Å². The Morgan fingerprint density at radius 2 is 2.10 bits per heavy atom. The summed E-state index contributed by atoms with van der Waals surface area (Å²) in [7, 11) is 0. The number of hydrogen-bond donors (Lipinski definition) is 3. The van der Waals surface area contributed by atoms with Crippen molar-refractivity contribution in [3.8, 4) is 0 Å². The molecule has 0 saturated carbocycles. The Morgan fingerprint density at radius 3 is 3.00 bits per heavy atom. The van der Waals surface area contributed by atoms with Gasteiger partial charge in [-0.1, -0.05) is 0 Å². The summed E-state index contributed by atoms with van der Waals surface area (Å²) in [5, 5.41) is 3.34. The second kappa shape index (κ2) is 2.84. The number of nitrogens with zero attached hydrogens (tertiary/aromatic N) is 1. The smallest absolute Gasteiger partial charge is 0.0856 e. The lowest BCUT2D eigenvalue weighted by atomic mass is 10.3. The lowest BCUT2D eigenvalue weighted by molar-refractivity contribution is 0.0870. The molecule has 2 saturated heterocycles. The summed E-state index contributed by atoms with van der Waals surface area (Å²) in [5.74, 6) is 0. The fraction of sp³-hybridized carbons (Fsp3) is 1.00. The van der Waals surface area contributed by atoms with Crippen LogP contribution in [0.4, 0.5) is 0 Å². The molecule has 58 valence electrons. The zero-order valence-corrected chi connectivity index (χ0v) is 6.06. The molecule has 0 aliphatic carbocycles. The highest BCUT2D eigenvalue weighted by atomic mass is 15.5. The highest BCUT2D eigenvalue weighted by molar-refractivity contribution is 4.79. The van der Waals surface area contributed by atoms with Crippen LogP contribution in [0.15, 0.2) is 0 Å². The molecule has 2 heterocycles. The number of rotatable bonds is 0. The number of fused-ring (bicyclic) bond motifs is 1. The first kappa shape index (κ1) is 6.54. The van der Waals surface area contributed by atoms with Crippen LogP contribution in [0.5, 0.6) is 0 Å². The molecular weight excluding hydrogens is 128 g/mol. The van der Waals surface area contributed by atoms with E-state index in [9.17, 15) is 0 Å². The van der Waals surface area contributed by atoms with Gasteiger partial charge in [0.25, 0.3) is 0 Å². The van der Waals surface area contributed by atoms with Crippen LogP contribution in [-0.2, 0) is 0 Å². The Morgan fingerprint density at radius 1 is 1.20 bits per heavy atom. The first-order valence-electron chi connectivity index (χ1n) is 3.90. The van der Waals surface area contributed by atoms with Gasteiger partial charge in [0.15, 0.2) is 0 Å². The Bertz CT molecular complexity index is 90.3. The van der Waals surface area contributed by atoms with Crippen LogP contribution in [-0.4, -0.2) is 43.8 Å². The van der Waals surface area contributed by atoms with Gasteiger partial charge in [-0.05, 0) is 0 Å². The largest absolute Gasteiger partial charge is 0.313 e. The van der Waals surface area contributed by atoms with Crippen LogP contribution in [0.1, 0.15) is 0 Å². The van der Waals surface area contributed by atoms with Crippen LogP contribution in [0, 0.1) is 0 Å². The summed E-state index contributed by atoms with van der Waals surface area (Å²) in [4.78, 5) is 2.47. The molecule has 2 rings (SSSR count). The standard InChI is InChI=1S/C6H14N4/c1-3-10-4-2-8-9-6(10)5-7-1/h6-9H,1-5H2. The Hall–Kier alpha value is -0.160. The van der Waals surface area contributed by atoms with E-state index < -0.39 is 0 Å². The van der Waals surface area contributed by atoms with Crippen molar-refractivity contribution >= 4 is 0 Å². The second-order valence-corrected chi connectivity index (χ2v) is 2.83. The molecule has 0 aromatic rings. The van der Waals surface area contributed by atoms with Gasteiger partial charge in [-0.15, -0.1) is 0 Å². The molecule has 2 fully saturated rings. The minimum absolute atomic E-state index is 0.516. The zero-order valence-electron chi connectivity index (χ0n) is 6.06. The number of hydrazine groups is 1. The molecule has 0 amide bonds. The van der Waals surface area contributed by atoms with Crippen molar-refractivity contribution in [2.75, 3.05) is 32.7 Å². The van der Waals surface area contributed by atoms with Crippen LogP contribution in [0.3, 0.4) is 0 Å². The van der Waals surface area contributed by atoms with Gasteiger partial charge in [-0.3, -0.25) is 10.3 Å². The van der Waals surface area contributed by atoms with E-state index in [0.29, 0.717) is 6.17 Å². The van der Waals surface area contributed by atoms with E-state index in [-0.39, 0.29) is 0 Å². The molecule has 0 aromatic carbocycles. The molecule has 10 heavy (non-hydrogen) atoms. The van der Waals surface area contributed by atoms with Crippen molar-refractivity contribution in [3.63, 3.8) is 0 Å². The van der Waals surface area contributed by atoms with Crippen LogP contribution < -0.4 is 16.2 Å². The summed E-state index contributed by atoms with van der Waals surface area (Å²) >= 11 is 0. The molecule has 1 atom stereocenters. The summed E-state index contributed by atoms with van der Waals surface area (Å²) in [6.07, 6.45) is 0.516. The van der Waals surface area contributed by atoms with Crippen molar-refractivity contribution in [1.82, 2.24) is 21.1 Å². The fourth-order valence-electron chi connectivity index (χ4n) is 1.55. The molecule has 3 N–H and O–H groups in total. The molecule has 4 heteroatoms. The van der Waals surface area contributed by atoms with E-state index in [1.54, 1.807) is 0 Å². The van der Waals surface area contributed by atoms with E-state index in [4.69, 9.17) is 0 Å². The molecule has 2 aliphatic rings. The van der Waals surface area contributed by atoms with E-state index in [1.165, 1.54) is 13.1 Å². The summed E-state index contributed by atoms with van der Waals surface area (Å²) in [6, 6.07) is 0. The van der Waals surface area contributed by atoms with Crippen molar-refractivity contribution in [2.45, 2.75) is 6.17 Å². The van der Waals surface area contributed by atoms with Crippen LogP contribution >= 0.6 is 0 Å². The lowest BCUT2D eigenvalue weighted by Crippen LogP contribution is -2.66. The van der Waals surface area contributed by atoms with Gasteiger partial charge in [0, 0.05) is 32.7 Å². The average molecular weight is 142 g/mol. The molecule has 0 radical (unpaired) electrons. The minimum Gasteiger partial charge on any atom is -0.313 e. The molecule has 0 spiro atoms. The minimum atomic E-state index is 0.516. The van der Waals surface area contributed by atoms with Gasteiger partial charge in [-0.2, -0.15) is 0 Å². The monoisotopic (exact) mass is 142 g/mol. The highest BCUT2D eigenvalue weighted by Gasteiger charge is 2.23. The SMILES string of the molecule is C1CN2CCNNC2CN1. The van der Waals surface area contributed by atoms with Crippen LogP contribution in [0.2, 0.25) is 0 Å². The van der Waals surface area contributed by atoms with Crippen LogP contribution in [0.25, 0.3) is 0 Å². The third kappa shape index (κ3) is 1.15. The van der Waals surface area contributed by atoms with Crippen molar-refractivity contribution in [2.24, 2.45) is 0 Å². The summed E-state index contributed by atoms with van der Waals surface area (Å²) in [5.41, 5.74) is 6.39. The Labute approximate surface area is 60.9 Å². The normalized spacial score (nSPS) is 35.4. The maximum atomic E-state index is 3.34. The molecule has 1 unspecified atom stereocenters. The van der Waals surface area contributed by atoms with E-state index >= 15 is 0 Å². The molecular formula is C6H14N4. The number of nitrogens with one attached hydrogen (secondary N) is 3. The third-order valence-corrected chi connectivity index (χ3v) is 2.15. The lowest BCUT2D eigenvalue weighted by Gasteiger charge is -2.40. The molecule has 4 nitrogen and oxygen atoms in total. The predicted octanol–water partition coefficient (Wildman–Crippen LogP) is -1.67. The van der Waals surface area contributed by atoms with E-state index in [0.717, 1.165) is 19.6 Å². The molecule has 0 bridgehead atoms. The van der Waals surface area contributed by atoms with Crippen molar-refractivity contribution < 1.29 is 0 Å². The molecule has 0 aromatic heterocycles. The quantitative estimate of drug-likeness (QED) is 0.378. The van der Waals surface area contributed by atoms with Gasteiger partial charge in [-0.25, -0.2) is 5.43 Å². The molecule has 2 aliphatic heterocycles. The van der Waals surface area contributed by atoms with Crippen molar-refractivity contribution in [1.29, 1.82) is 0 Å². The van der Waals surface area contributed by atoms with Gasteiger partial charge < -0.3 is 5.32 Å². The summed E-state index contributed by atoms with van der Waals surface area (Å²) < 4.78 is 0. The first-order chi connectivity index (χ1) is 4.97. The van der Waals surface area contributed by atoms with Gasteiger partial charge in [0.05, 0.1) is 6.17 Å². The number of piperazine rings is 1. The topological polar surface area (TPSA) is 39.3 Å².